The van der Waals surface area contributed by atoms with Crippen molar-refractivity contribution in [2.45, 2.75) is 45.1 Å². The molecule has 2 aromatic rings. The van der Waals surface area contributed by atoms with Gasteiger partial charge in [0.25, 0.3) is 0 Å². The van der Waals surface area contributed by atoms with E-state index in [1.165, 1.54) is 26.2 Å². The largest absolute Gasteiger partial charge is 0.496 e. The van der Waals surface area contributed by atoms with Crippen molar-refractivity contribution in [2.24, 2.45) is 5.16 Å². The molecule has 0 saturated heterocycles. The molecule has 10 nitrogen and oxygen atoms in total. The topological polar surface area (TPSA) is 136 Å². The molecule has 0 aliphatic heterocycles. The van der Waals surface area contributed by atoms with Crippen LogP contribution in [-0.2, 0) is 20.8 Å². The summed E-state index contributed by atoms with van der Waals surface area (Å²) in [5.74, 6) is -1.33. The van der Waals surface area contributed by atoms with Gasteiger partial charge in [-0.25, -0.2) is 14.4 Å². The SMILES string of the molecule is CNc1ccc(NC(=O)OC2CCCC2)cc1/C(Cc1ccc(C(=O)O)cc1OC)=N/OC(C)=O. The number of carboxylic acid groups (broad SMARTS) is 1. The van der Waals surface area contributed by atoms with E-state index in [1.807, 2.05) is 0 Å². The first-order chi connectivity index (χ1) is 16.8. The molecule has 10 heteroatoms. The number of hydrogen-bond donors (Lipinski definition) is 3. The highest BCUT2D eigenvalue weighted by Gasteiger charge is 2.20. The molecule has 2 aromatic carbocycles. The van der Waals surface area contributed by atoms with Gasteiger partial charge in [0.1, 0.15) is 11.9 Å². The normalized spacial score (nSPS) is 13.7. The fraction of sp³-hybridized carbons (Fsp3) is 0.360. The Bertz CT molecular complexity index is 1120. The van der Waals surface area contributed by atoms with Crippen molar-refractivity contribution in [3.8, 4) is 5.75 Å². The van der Waals surface area contributed by atoms with Crippen LogP contribution >= 0.6 is 0 Å². The number of nitrogens with one attached hydrogen (secondary N) is 2. The van der Waals surface area contributed by atoms with E-state index in [4.69, 9.17) is 14.3 Å². The summed E-state index contributed by atoms with van der Waals surface area (Å²) in [6.45, 7) is 1.24. The van der Waals surface area contributed by atoms with Crippen molar-refractivity contribution in [1.29, 1.82) is 0 Å². The molecule has 0 heterocycles. The van der Waals surface area contributed by atoms with E-state index >= 15 is 0 Å². The summed E-state index contributed by atoms with van der Waals surface area (Å²) in [5, 5.41) is 19.1. The Morgan fingerprint density at radius 1 is 1.11 bits per heavy atom. The van der Waals surface area contributed by atoms with Gasteiger partial charge in [0, 0.05) is 42.9 Å². The van der Waals surface area contributed by atoms with Crippen LogP contribution in [0.4, 0.5) is 16.2 Å². The first kappa shape index (κ1) is 25.5. The lowest BCUT2D eigenvalue weighted by atomic mass is 9.98. The predicted octanol–water partition coefficient (Wildman–Crippen LogP) is 4.44. The summed E-state index contributed by atoms with van der Waals surface area (Å²) in [4.78, 5) is 40.1. The number of ether oxygens (including phenoxy) is 2. The highest BCUT2D eigenvalue weighted by Crippen LogP contribution is 2.27. The lowest BCUT2D eigenvalue weighted by molar-refractivity contribution is -0.140. The van der Waals surface area contributed by atoms with Gasteiger partial charge in [0.2, 0.25) is 0 Å². The van der Waals surface area contributed by atoms with Gasteiger partial charge < -0.3 is 24.7 Å². The van der Waals surface area contributed by atoms with Crippen molar-refractivity contribution >= 4 is 35.1 Å². The van der Waals surface area contributed by atoms with Gasteiger partial charge in [0.05, 0.1) is 18.4 Å². The maximum atomic E-state index is 12.4. The molecule has 1 saturated carbocycles. The Labute approximate surface area is 203 Å². The van der Waals surface area contributed by atoms with E-state index in [0.29, 0.717) is 34.0 Å². The standard InChI is InChI=1S/C25H29N3O7/c1-15(29)35-28-22(12-16-8-9-17(24(30)31)13-23(16)33-3)20-14-18(10-11-21(20)26-2)27-25(32)34-19-6-4-5-7-19/h8-11,13-14,19,26H,4-7,12H2,1-3H3,(H,27,32)(H,30,31)/b28-22+. The molecule has 35 heavy (non-hydrogen) atoms. The Morgan fingerprint density at radius 2 is 1.86 bits per heavy atom. The molecule has 0 spiro atoms. The average molecular weight is 484 g/mol. The molecular formula is C25H29N3O7. The number of carboxylic acids is 1. The summed E-state index contributed by atoms with van der Waals surface area (Å²) >= 11 is 0. The van der Waals surface area contributed by atoms with Gasteiger partial charge >= 0.3 is 18.0 Å². The number of nitrogens with zero attached hydrogens (tertiary/aromatic N) is 1. The van der Waals surface area contributed by atoms with Crippen LogP contribution in [0.3, 0.4) is 0 Å². The third-order valence-electron chi connectivity index (χ3n) is 5.60. The minimum absolute atomic E-state index is 0.0756. The van der Waals surface area contributed by atoms with E-state index in [-0.39, 0.29) is 18.1 Å². The van der Waals surface area contributed by atoms with Gasteiger partial charge in [0.15, 0.2) is 0 Å². The zero-order chi connectivity index (χ0) is 25.4. The molecule has 3 N–H and O–H groups in total. The molecule has 186 valence electrons. The molecule has 0 radical (unpaired) electrons. The van der Waals surface area contributed by atoms with E-state index in [9.17, 15) is 19.5 Å². The minimum Gasteiger partial charge on any atom is -0.496 e. The molecule has 1 fully saturated rings. The summed E-state index contributed by atoms with van der Waals surface area (Å²) in [7, 11) is 3.17. The summed E-state index contributed by atoms with van der Waals surface area (Å²) in [6.07, 6.45) is 3.36. The second kappa shape index (κ2) is 11.9. The van der Waals surface area contributed by atoms with Crippen LogP contribution in [0.1, 0.15) is 54.1 Å². The van der Waals surface area contributed by atoms with Crippen LogP contribution < -0.4 is 15.4 Å². The van der Waals surface area contributed by atoms with Crippen molar-refractivity contribution in [3.63, 3.8) is 0 Å². The van der Waals surface area contributed by atoms with Crippen LogP contribution in [0.25, 0.3) is 0 Å². The molecule has 1 amide bonds. The van der Waals surface area contributed by atoms with Crippen LogP contribution in [0.2, 0.25) is 0 Å². The highest BCUT2D eigenvalue weighted by molar-refractivity contribution is 6.07. The molecule has 0 atom stereocenters. The zero-order valence-electron chi connectivity index (χ0n) is 19.9. The monoisotopic (exact) mass is 483 g/mol. The number of hydrogen-bond acceptors (Lipinski definition) is 8. The molecule has 0 bridgehead atoms. The Morgan fingerprint density at radius 3 is 2.49 bits per heavy atom. The number of amides is 1. The maximum absolute atomic E-state index is 12.4. The lowest BCUT2D eigenvalue weighted by Crippen LogP contribution is -2.20. The van der Waals surface area contributed by atoms with E-state index in [2.05, 4.69) is 15.8 Å². The van der Waals surface area contributed by atoms with Crippen LogP contribution in [0, 0.1) is 0 Å². The van der Waals surface area contributed by atoms with Crippen molar-refractivity contribution in [2.75, 3.05) is 24.8 Å². The van der Waals surface area contributed by atoms with Gasteiger partial charge in [-0.15, -0.1) is 0 Å². The molecule has 0 unspecified atom stereocenters. The van der Waals surface area contributed by atoms with Crippen molar-refractivity contribution in [1.82, 2.24) is 0 Å². The molecule has 0 aromatic heterocycles. The van der Waals surface area contributed by atoms with E-state index in [0.717, 1.165) is 25.7 Å². The number of carbonyl (C=O) groups is 3. The van der Waals surface area contributed by atoms with E-state index < -0.39 is 18.0 Å². The minimum atomic E-state index is -1.08. The Hall–Kier alpha value is -4.08. The zero-order valence-corrected chi connectivity index (χ0v) is 19.9. The first-order valence-electron chi connectivity index (χ1n) is 11.2. The van der Waals surface area contributed by atoms with Crippen molar-refractivity contribution in [3.05, 3.63) is 53.1 Å². The number of oxime groups is 1. The van der Waals surface area contributed by atoms with Crippen LogP contribution in [0.15, 0.2) is 41.6 Å². The third kappa shape index (κ3) is 6.95. The average Bonchev–Trinajstić information content (AvgIpc) is 3.34. The first-order valence-corrected chi connectivity index (χ1v) is 11.2. The molecular weight excluding hydrogens is 454 g/mol. The molecule has 1 aliphatic carbocycles. The Balaban J connectivity index is 1.93. The van der Waals surface area contributed by atoms with Gasteiger partial charge in [-0.2, -0.15) is 0 Å². The van der Waals surface area contributed by atoms with Crippen LogP contribution in [-0.4, -0.2) is 49.1 Å². The van der Waals surface area contributed by atoms with Gasteiger partial charge in [-0.3, -0.25) is 5.32 Å². The number of benzene rings is 2. The summed E-state index contributed by atoms with van der Waals surface area (Å²) in [5.41, 5.74) is 2.78. The molecule has 3 rings (SSSR count). The third-order valence-corrected chi connectivity index (χ3v) is 5.60. The van der Waals surface area contributed by atoms with Gasteiger partial charge in [-0.05, 0) is 56.0 Å². The fourth-order valence-corrected chi connectivity index (χ4v) is 3.88. The maximum Gasteiger partial charge on any atom is 0.411 e. The fourth-order valence-electron chi connectivity index (χ4n) is 3.88. The smallest absolute Gasteiger partial charge is 0.411 e. The second-order valence-electron chi connectivity index (χ2n) is 8.08. The van der Waals surface area contributed by atoms with Gasteiger partial charge in [-0.1, -0.05) is 11.2 Å². The lowest BCUT2D eigenvalue weighted by Gasteiger charge is -2.16. The van der Waals surface area contributed by atoms with E-state index in [1.54, 1.807) is 31.3 Å². The summed E-state index contributed by atoms with van der Waals surface area (Å²) < 4.78 is 10.9. The number of aromatic carboxylic acids is 1. The predicted molar refractivity (Wildman–Crippen MR) is 130 cm³/mol. The number of rotatable bonds is 9. The van der Waals surface area contributed by atoms with Crippen molar-refractivity contribution < 1.29 is 33.8 Å². The highest BCUT2D eigenvalue weighted by atomic mass is 16.7. The second-order valence-corrected chi connectivity index (χ2v) is 8.08. The number of methoxy groups -OCH3 is 1. The van der Waals surface area contributed by atoms with Crippen LogP contribution in [0.5, 0.6) is 5.75 Å². The summed E-state index contributed by atoms with van der Waals surface area (Å²) in [6, 6.07) is 9.66. The quantitative estimate of drug-likeness (QED) is 0.271. The number of anilines is 2. The molecule has 1 aliphatic rings. The Kier molecular flexibility index (Phi) is 8.66. The number of carbonyl (C=O) groups excluding carboxylic acids is 2.